The molecule has 2 aromatic rings. The van der Waals surface area contributed by atoms with Crippen LogP contribution in [0.4, 0.5) is 0 Å². The number of carbonyl (C=O) groups excluding carboxylic acids is 1. The second-order valence-electron chi connectivity index (χ2n) is 7.11. The number of esters is 1. The van der Waals surface area contributed by atoms with Crippen LogP contribution < -0.4 is 4.74 Å². The van der Waals surface area contributed by atoms with E-state index < -0.39 is 39.0 Å². The summed E-state index contributed by atoms with van der Waals surface area (Å²) in [4.78, 5) is 36.2. The van der Waals surface area contributed by atoms with Crippen LogP contribution >= 0.6 is 15.2 Å². The second-order valence-corrected chi connectivity index (χ2v) is 11.4. The van der Waals surface area contributed by atoms with Crippen molar-refractivity contribution in [1.82, 2.24) is 4.98 Å². The maximum Gasteiger partial charge on any atom is 0.374 e. The van der Waals surface area contributed by atoms with Crippen molar-refractivity contribution in [2.45, 2.75) is 31.6 Å². The van der Waals surface area contributed by atoms with Crippen LogP contribution in [0, 0.1) is 0 Å². The largest absolute Gasteiger partial charge is 0.423 e. The third-order valence-electron chi connectivity index (χ3n) is 4.32. The molecule has 3 rings (SSSR count). The molecule has 1 aliphatic rings. The highest BCUT2D eigenvalue weighted by molar-refractivity contribution is 7.73. The Bertz CT molecular complexity index is 1060. The molecule has 0 aliphatic carbocycles. The first-order chi connectivity index (χ1) is 14.4. The SMILES string of the molecule is CC(C)=CC(=O)Oc1ccc(C2OP(=O)(O)C(O)(Cc3cccnc3)P(=O)(O)O2)cc1. The van der Waals surface area contributed by atoms with Crippen molar-refractivity contribution < 1.29 is 42.6 Å². The van der Waals surface area contributed by atoms with Crippen molar-refractivity contribution >= 4 is 21.2 Å². The number of aliphatic hydroxyl groups is 1. The van der Waals surface area contributed by atoms with Gasteiger partial charge in [0.15, 0.2) is 0 Å². The van der Waals surface area contributed by atoms with Gasteiger partial charge in [0.2, 0.25) is 6.29 Å². The van der Waals surface area contributed by atoms with Crippen molar-refractivity contribution in [1.29, 1.82) is 0 Å². The smallest absolute Gasteiger partial charge is 0.374 e. The van der Waals surface area contributed by atoms with Gasteiger partial charge >= 0.3 is 21.2 Å². The highest BCUT2D eigenvalue weighted by atomic mass is 31.2. The summed E-state index contributed by atoms with van der Waals surface area (Å²) in [6, 6.07) is 8.36. The molecule has 0 saturated carbocycles. The van der Waals surface area contributed by atoms with E-state index in [-0.39, 0.29) is 16.9 Å². The molecule has 1 fully saturated rings. The Morgan fingerprint density at radius 1 is 1.16 bits per heavy atom. The molecule has 0 spiro atoms. The molecule has 2 heterocycles. The van der Waals surface area contributed by atoms with Crippen LogP contribution in [0.2, 0.25) is 0 Å². The van der Waals surface area contributed by atoms with Gasteiger partial charge in [-0.1, -0.05) is 23.8 Å². The first-order valence-electron chi connectivity index (χ1n) is 9.04. The topological polar surface area (TPSA) is 152 Å². The summed E-state index contributed by atoms with van der Waals surface area (Å²) in [6.07, 6.45) is 1.63. The quantitative estimate of drug-likeness (QED) is 0.257. The summed E-state index contributed by atoms with van der Waals surface area (Å²) in [7, 11) is -10.1. The fourth-order valence-electron chi connectivity index (χ4n) is 2.78. The minimum absolute atomic E-state index is 0.106. The minimum atomic E-state index is -5.07. The maximum absolute atomic E-state index is 12.8. The minimum Gasteiger partial charge on any atom is -0.423 e. The summed E-state index contributed by atoms with van der Waals surface area (Å²) < 4.78 is 40.7. The summed E-state index contributed by atoms with van der Waals surface area (Å²) >= 11 is 0. The van der Waals surface area contributed by atoms with E-state index in [0.717, 1.165) is 5.57 Å². The number of hydrogen-bond donors (Lipinski definition) is 3. The average Bonchev–Trinajstić information content (AvgIpc) is 2.66. The summed E-state index contributed by atoms with van der Waals surface area (Å²) in [5.41, 5.74) is 1.09. The van der Waals surface area contributed by atoms with Gasteiger partial charge in [-0.05, 0) is 37.6 Å². The molecule has 1 saturated heterocycles. The number of rotatable bonds is 5. The van der Waals surface area contributed by atoms with E-state index in [4.69, 9.17) is 13.8 Å². The number of pyridine rings is 1. The molecule has 1 aliphatic heterocycles. The van der Waals surface area contributed by atoms with Gasteiger partial charge < -0.3 is 19.6 Å². The zero-order valence-electron chi connectivity index (χ0n) is 16.6. The van der Waals surface area contributed by atoms with Gasteiger partial charge in [-0.25, -0.2) is 4.79 Å². The average molecular weight is 469 g/mol. The van der Waals surface area contributed by atoms with Gasteiger partial charge in [-0.15, -0.1) is 0 Å². The van der Waals surface area contributed by atoms with E-state index in [1.54, 1.807) is 13.8 Å². The lowest BCUT2D eigenvalue weighted by molar-refractivity contribution is -0.129. The van der Waals surface area contributed by atoms with Gasteiger partial charge in [-0.3, -0.25) is 23.2 Å². The normalized spacial score (nSPS) is 30.4. The molecular formula is C19H21NO9P2. The lowest BCUT2D eigenvalue weighted by Gasteiger charge is -2.41. The third kappa shape index (κ3) is 5.02. The van der Waals surface area contributed by atoms with Crippen LogP contribution in [0.15, 0.2) is 60.4 Å². The van der Waals surface area contributed by atoms with Gasteiger partial charge in [0.1, 0.15) is 5.75 Å². The molecule has 31 heavy (non-hydrogen) atoms. The zero-order valence-corrected chi connectivity index (χ0v) is 18.4. The molecule has 0 bridgehead atoms. The Morgan fingerprint density at radius 2 is 1.77 bits per heavy atom. The van der Waals surface area contributed by atoms with Gasteiger partial charge in [0.05, 0.1) is 0 Å². The third-order valence-corrected chi connectivity index (χ3v) is 8.92. The zero-order chi connectivity index (χ0) is 22.9. The Morgan fingerprint density at radius 3 is 2.29 bits per heavy atom. The Balaban J connectivity index is 1.82. The summed E-state index contributed by atoms with van der Waals surface area (Å²) in [6.45, 7) is 3.47. The Hall–Kier alpha value is -2.16. The predicted octanol–water partition coefficient (Wildman–Crippen LogP) is 3.26. The molecule has 1 aromatic heterocycles. The number of allylic oxidation sites excluding steroid dienone is 1. The number of hydrogen-bond acceptors (Lipinski definition) is 8. The van der Waals surface area contributed by atoms with Crippen LogP contribution in [-0.2, 0) is 29.4 Å². The van der Waals surface area contributed by atoms with Crippen molar-refractivity contribution in [3.63, 3.8) is 0 Å². The standard InChI is InChI=1S/C19H21NO9P2/c1-13(2)10-17(21)27-16-7-5-15(6-8-16)18-28-30(23,24)19(22,31(25,26)29-18)11-14-4-3-9-20-12-14/h3-10,12,18,22H,11H2,1-2H3,(H,23,24)(H,25,26). The maximum atomic E-state index is 12.8. The molecule has 0 amide bonds. The fourth-order valence-corrected chi connectivity index (χ4v) is 6.36. The molecule has 166 valence electrons. The first-order valence-corrected chi connectivity index (χ1v) is 12.2. The lowest BCUT2D eigenvalue weighted by atomic mass is 10.2. The summed E-state index contributed by atoms with van der Waals surface area (Å²) in [5.74, 6) is -0.410. The molecule has 12 heteroatoms. The van der Waals surface area contributed by atoms with E-state index in [9.17, 15) is 28.8 Å². The molecule has 2 unspecified atom stereocenters. The van der Waals surface area contributed by atoms with Crippen LogP contribution in [0.3, 0.4) is 0 Å². The van der Waals surface area contributed by atoms with E-state index in [2.05, 4.69) is 4.98 Å². The monoisotopic (exact) mass is 469 g/mol. The van der Waals surface area contributed by atoms with Crippen LogP contribution in [0.5, 0.6) is 5.75 Å². The van der Waals surface area contributed by atoms with Crippen molar-refractivity contribution in [3.05, 3.63) is 71.6 Å². The van der Waals surface area contributed by atoms with Crippen LogP contribution in [0.1, 0.15) is 31.3 Å². The highest BCUT2D eigenvalue weighted by Gasteiger charge is 2.67. The van der Waals surface area contributed by atoms with Crippen molar-refractivity contribution in [2.75, 3.05) is 0 Å². The van der Waals surface area contributed by atoms with E-state index in [1.807, 2.05) is 0 Å². The Labute approximate surface area is 178 Å². The molecular weight excluding hydrogens is 448 g/mol. The molecule has 0 radical (unpaired) electrons. The first kappa shape index (κ1) is 23.5. The van der Waals surface area contributed by atoms with E-state index in [0.29, 0.717) is 0 Å². The number of ether oxygens (including phenoxy) is 1. The molecule has 2 atom stereocenters. The Kier molecular flexibility index (Phi) is 6.64. The van der Waals surface area contributed by atoms with E-state index >= 15 is 0 Å². The van der Waals surface area contributed by atoms with E-state index in [1.165, 1.54) is 54.9 Å². The second kappa shape index (κ2) is 8.76. The predicted molar refractivity (Wildman–Crippen MR) is 109 cm³/mol. The number of nitrogens with zero attached hydrogens (tertiary/aromatic N) is 1. The molecule has 10 nitrogen and oxygen atoms in total. The highest BCUT2D eigenvalue weighted by Crippen LogP contribution is 2.79. The van der Waals surface area contributed by atoms with Crippen LogP contribution in [0.25, 0.3) is 0 Å². The fraction of sp³-hybridized carbons (Fsp3) is 0.263. The van der Waals surface area contributed by atoms with Gasteiger partial charge in [0, 0.05) is 30.5 Å². The van der Waals surface area contributed by atoms with Crippen LogP contribution in [-0.4, -0.2) is 30.9 Å². The molecule has 1 aromatic carbocycles. The van der Waals surface area contributed by atoms with Crippen molar-refractivity contribution in [2.24, 2.45) is 0 Å². The van der Waals surface area contributed by atoms with Crippen molar-refractivity contribution in [3.8, 4) is 5.75 Å². The number of carbonyl (C=O) groups is 1. The summed E-state index contributed by atoms with van der Waals surface area (Å²) in [5, 5.41) is 7.62. The number of aromatic nitrogens is 1. The molecule has 3 N–H and O–H groups in total. The van der Waals surface area contributed by atoms with Gasteiger partial charge in [0.25, 0.3) is 5.08 Å². The number of benzene rings is 1. The van der Waals surface area contributed by atoms with Gasteiger partial charge in [-0.2, -0.15) is 0 Å². The lowest BCUT2D eigenvalue weighted by Crippen LogP contribution is -2.37.